The van der Waals surface area contributed by atoms with Crippen LogP contribution in [-0.2, 0) is 7.05 Å². The third kappa shape index (κ3) is 1.92. The molecule has 94 valence electrons. The number of nitrogens with zero attached hydrogens (tertiary/aromatic N) is 3. The Kier molecular flexibility index (Phi) is 3.01. The zero-order valence-electron chi connectivity index (χ0n) is 10.3. The molecule has 1 N–H and O–H groups in total. The van der Waals surface area contributed by atoms with Gasteiger partial charge in [-0.2, -0.15) is 5.10 Å². The van der Waals surface area contributed by atoms with E-state index in [0.717, 1.165) is 5.69 Å². The molecule has 2 aromatic rings. The SMILES string of the molecule is COc1ccc(-c2c(C(=O)O)nn(C)c2C)nc1. The average molecular weight is 247 g/mol. The number of methoxy groups -OCH3 is 1. The fourth-order valence-corrected chi connectivity index (χ4v) is 1.71. The van der Waals surface area contributed by atoms with Gasteiger partial charge >= 0.3 is 5.97 Å². The molecule has 0 aliphatic rings. The van der Waals surface area contributed by atoms with Gasteiger partial charge in [-0.25, -0.2) is 4.79 Å². The number of carbonyl (C=O) groups is 1. The van der Waals surface area contributed by atoms with Crippen molar-refractivity contribution in [3.63, 3.8) is 0 Å². The van der Waals surface area contributed by atoms with E-state index >= 15 is 0 Å². The van der Waals surface area contributed by atoms with Gasteiger partial charge in [0.15, 0.2) is 5.69 Å². The van der Waals surface area contributed by atoms with Crippen molar-refractivity contribution in [2.24, 2.45) is 7.05 Å². The molecule has 0 aliphatic heterocycles. The molecule has 0 saturated heterocycles. The number of carboxylic acids is 1. The van der Waals surface area contributed by atoms with Crippen molar-refractivity contribution in [2.45, 2.75) is 6.92 Å². The zero-order valence-corrected chi connectivity index (χ0v) is 10.3. The van der Waals surface area contributed by atoms with E-state index in [1.807, 2.05) is 0 Å². The van der Waals surface area contributed by atoms with E-state index < -0.39 is 5.97 Å². The number of hydrogen-bond acceptors (Lipinski definition) is 4. The second-order valence-corrected chi connectivity index (χ2v) is 3.82. The van der Waals surface area contributed by atoms with Gasteiger partial charge in [0.05, 0.1) is 24.6 Å². The maximum absolute atomic E-state index is 11.2. The Bertz CT molecular complexity index is 587. The van der Waals surface area contributed by atoms with Crippen molar-refractivity contribution < 1.29 is 14.6 Å². The highest BCUT2D eigenvalue weighted by Gasteiger charge is 2.21. The molecule has 0 radical (unpaired) electrons. The number of rotatable bonds is 3. The molecule has 2 aromatic heterocycles. The summed E-state index contributed by atoms with van der Waals surface area (Å²) in [5.74, 6) is -0.441. The first kappa shape index (κ1) is 12.1. The second-order valence-electron chi connectivity index (χ2n) is 3.82. The molecule has 0 spiro atoms. The molecule has 6 nitrogen and oxygen atoms in total. The fraction of sp³-hybridized carbons (Fsp3) is 0.250. The van der Waals surface area contributed by atoms with Crippen LogP contribution in [0.25, 0.3) is 11.3 Å². The quantitative estimate of drug-likeness (QED) is 0.889. The highest BCUT2D eigenvalue weighted by molar-refractivity contribution is 5.94. The van der Waals surface area contributed by atoms with E-state index in [9.17, 15) is 4.79 Å². The van der Waals surface area contributed by atoms with Gasteiger partial charge in [-0.05, 0) is 19.1 Å². The van der Waals surface area contributed by atoms with Crippen LogP contribution in [0.4, 0.5) is 0 Å². The van der Waals surface area contributed by atoms with Gasteiger partial charge in [0.1, 0.15) is 5.75 Å². The third-order valence-corrected chi connectivity index (χ3v) is 2.76. The molecule has 6 heteroatoms. The lowest BCUT2D eigenvalue weighted by atomic mass is 10.1. The molecular formula is C12H13N3O3. The first-order valence-corrected chi connectivity index (χ1v) is 5.32. The normalized spacial score (nSPS) is 10.4. The summed E-state index contributed by atoms with van der Waals surface area (Å²) in [5, 5.41) is 13.1. The summed E-state index contributed by atoms with van der Waals surface area (Å²) in [7, 11) is 3.25. The van der Waals surface area contributed by atoms with Gasteiger partial charge in [0.25, 0.3) is 0 Å². The maximum Gasteiger partial charge on any atom is 0.357 e. The molecule has 0 amide bonds. The Morgan fingerprint density at radius 3 is 2.67 bits per heavy atom. The van der Waals surface area contributed by atoms with Crippen LogP contribution in [0.15, 0.2) is 18.3 Å². The molecule has 0 fully saturated rings. The second kappa shape index (κ2) is 4.48. The number of aryl methyl sites for hydroxylation is 1. The van der Waals surface area contributed by atoms with E-state index in [1.54, 1.807) is 39.4 Å². The highest BCUT2D eigenvalue weighted by Crippen LogP contribution is 2.26. The summed E-state index contributed by atoms with van der Waals surface area (Å²) in [6.07, 6.45) is 1.55. The lowest BCUT2D eigenvalue weighted by Gasteiger charge is -2.03. The van der Waals surface area contributed by atoms with Gasteiger partial charge < -0.3 is 9.84 Å². The van der Waals surface area contributed by atoms with E-state index in [2.05, 4.69) is 10.1 Å². The van der Waals surface area contributed by atoms with Crippen molar-refractivity contribution in [3.05, 3.63) is 29.7 Å². The van der Waals surface area contributed by atoms with Crippen LogP contribution >= 0.6 is 0 Å². The number of hydrogen-bond donors (Lipinski definition) is 1. The first-order chi connectivity index (χ1) is 8.54. The van der Waals surface area contributed by atoms with Crippen molar-refractivity contribution in [1.82, 2.24) is 14.8 Å². The topological polar surface area (TPSA) is 77.2 Å². The molecule has 0 aromatic carbocycles. The molecule has 2 heterocycles. The minimum absolute atomic E-state index is 0.00710. The summed E-state index contributed by atoms with van der Waals surface area (Å²) >= 11 is 0. The monoisotopic (exact) mass is 247 g/mol. The van der Waals surface area contributed by atoms with E-state index in [-0.39, 0.29) is 5.69 Å². The largest absolute Gasteiger partial charge is 0.495 e. The average Bonchev–Trinajstić information content (AvgIpc) is 2.66. The fourth-order valence-electron chi connectivity index (χ4n) is 1.71. The van der Waals surface area contributed by atoms with Crippen molar-refractivity contribution >= 4 is 5.97 Å². The lowest BCUT2D eigenvalue weighted by molar-refractivity contribution is 0.0690. The van der Waals surface area contributed by atoms with Crippen LogP contribution in [-0.4, -0.2) is 33.0 Å². The first-order valence-electron chi connectivity index (χ1n) is 5.32. The Balaban J connectivity index is 2.58. The molecule has 0 saturated carbocycles. The standard InChI is InChI=1S/C12H13N3O3/c1-7-10(11(12(16)17)14-15(7)2)9-5-4-8(18-3)6-13-9/h4-6H,1-3H3,(H,16,17). The molecule has 0 unspecified atom stereocenters. The summed E-state index contributed by atoms with van der Waals surface area (Å²) in [6, 6.07) is 3.45. The molecular weight excluding hydrogens is 234 g/mol. The van der Waals surface area contributed by atoms with Crippen molar-refractivity contribution in [1.29, 1.82) is 0 Å². The van der Waals surface area contributed by atoms with Gasteiger partial charge in [-0.15, -0.1) is 0 Å². The zero-order chi connectivity index (χ0) is 13.3. The Hall–Kier alpha value is -2.37. The molecule has 18 heavy (non-hydrogen) atoms. The molecule has 0 aliphatic carbocycles. The summed E-state index contributed by atoms with van der Waals surface area (Å²) in [4.78, 5) is 15.4. The lowest BCUT2D eigenvalue weighted by Crippen LogP contribution is -2.01. The Labute approximate surface area is 104 Å². The van der Waals surface area contributed by atoms with Crippen LogP contribution in [0.2, 0.25) is 0 Å². The predicted octanol–water partition coefficient (Wildman–Crippen LogP) is 1.50. The van der Waals surface area contributed by atoms with Crippen LogP contribution in [0.1, 0.15) is 16.2 Å². The Morgan fingerprint density at radius 2 is 2.17 bits per heavy atom. The number of carboxylic acid groups (broad SMARTS) is 1. The van der Waals surface area contributed by atoms with Gasteiger partial charge in [-0.3, -0.25) is 9.67 Å². The van der Waals surface area contributed by atoms with Crippen LogP contribution in [0, 0.1) is 6.92 Å². The van der Waals surface area contributed by atoms with E-state index in [0.29, 0.717) is 17.0 Å². The number of aromatic carboxylic acids is 1. The summed E-state index contributed by atoms with van der Waals surface area (Å²) in [6.45, 7) is 1.81. The van der Waals surface area contributed by atoms with Crippen molar-refractivity contribution in [3.8, 4) is 17.0 Å². The number of pyridine rings is 1. The van der Waals surface area contributed by atoms with Crippen LogP contribution < -0.4 is 4.74 Å². The Morgan fingerprint density at radius 1 is 1.44 bits per heavy atom. The smallest absolute Gasteiger partial charge is 0.357 e. The molecule has 2 rings (SSSR count). The summed E-state index contributed by atoms with van der Waals surface area (Å²) in [5.41, 5.74) is 1.86. The van der Waals surface area contributed by atoms with Gasteiger partial charge in [-0.1, -0.05) is 0 Å². The maximum atomic E-state index is 11.2. The van der Waals surface area contributed by atoms with Gasteiger partial charge in [0.2, 0.25) is 0 Å². The minimum atomic E-state index is -1.06. The third-order valence-electron chi connectivity index (χ3n) is 2.76. The van der Waals surface area contributed by atoms with E-state index in [4.69, 9.17) is 9.84 Å². The van der Waals surface area contributed by atoms with Crippen LogP contribution in [0.5, 0.6) is 5.75 Å². The number of ether oxygens (including phenoxy) is 1. The molecule has 0 atom stereocenters. The van der Waals surface area contributed by atoms with Gasteiger partial charge in [0, 0.05) is 12.7 Å². The summed E-state index contributed by atoms with van der Waals surface area (Å²) < 4.78 is 6.55. The molecule has 0 bridgehead atoms. The number of aromatic nitrogens is 3. The predicted molar refractivity (Wildman–Crippen MR) is 64.7 cm³/mol. The highest BCUT2D eigenvalue weighted by atomic mass is 16.5. The van der Waals surface area contributed by atoms with E-state index in [1.165, 1.54) is 4.68 Å². The minimum Gasteiger partial charge on any atom is -0.495 e. The van der Waals surface area contributed by atoms with Crippen molar-refractivity contribution in [2.75, 3.05) is 7.11 Å². The van der Waals surface area contributed by atoms with Crippen LogP contribution in [0.3, 0.4) is 0 Å².